The third kappa shape index (κ3) is 5.78. The highest BCUT2D eigenvalue weighted by Crippen LogP contribution is 2.34. The number of fused-ring (bicyclic) bond motifs is 1. The molecule has 176 valence electrons. The second-order valence-electron chi connectivity index (χ2n) is 7.60. The SMILES string of the molecule is CCCN1C(SCC(=O)Nc2ccc(OCc3ccccc3)cc2)=NS(=O)(=O)c2ccccc21. The second-order valence-corrected chi connectivity index (χ2v) is 10.1. The van der Waals surface area contributed by atoms with Crippen LogP contribution in [0.1, 0.15) is 18.9 Å². The number of rotatable bonds is 8. The normalized spacial score (nSPS) is 14.1. The van der Waals surface area contributed by atoms with Crippen LogP contribution in [0.5, 0.6) is 5.75 Å². The zero-order valence-corrected chi connectivity index (χ0v) is 20.3. The summed E-state index contributed by atoms with van der Waals surface area (Å²) in [4.78, 5) is 14.6. The van der Waals surface area contributed by atoms with E-state index in [-0.39, 0.29) is 16.6 Å². The molecule has 0 saturated carbocycles. The summed E-state index contributed by atoms with van der Waals surface area (Å²) in [7, 11) is -3.80. The van der Waals surface area contributed by atoms with E-state index in [1.165, 1.54) is 0 Å². The maximum absolute atomic E-state index is 12.6. The van der Waals surface area contributed by atoms with Gasteiger partial charge in [0.1, 0.15) is 17.3 Å². The van der Waals surface area contributed by atoms with E-state index in [1.807, 2.05) is 42.2 Å². The van der Waals surface area contributed by atoms with Crippen LogP contribution in [0.2, 0.25) is 0 Å². The Kier molecular flexibility index (Phi) is 7.54. The number of benzene rings is 3. The minimum Gasteiger partial charge on any atom is -0.489 e. The van der Waals surface area contributed by atoms with E-state index in [1.54, 1.807) is 48.5 Å². The molecule has 0 fully saturated rings. The first-order valence-corrected chi connectivity index (χ1v) is 13.3. The van der Waals surface area contributed by atoms with Gasteiger partial charge in [0, 0.05) is 12.2 Å². The van der Waals surface area contributed by atoms with E-state index in [0.29, 0.717) is 35.4 Å². The van der Waals surface area contributed by atoms with Crippen molar-refractivity contribution in [3.05, 3.63) is 84.4 Å². The van der Waals surface area contributed by atoms with Gasteiger partial charge in [-0.25, -0.2) is 0 Å². The van der Waals surface area contributed by atoms with Crippen LogP contribution in [0.4, 0.5) is 11.4 Å². The predicted octanol–water partition coefficient (Wildman–Crippen LogP) is 4.91. The van der Waals surface area contributed by atoms with Crippen LogP contribution in [0, 0.1) is 0 Å². The summed E-state index contributed by atoms with van der Waals surface area (Å²) in [5, 5.41) is 3.14. The smallest absolute Gasteiger partial charge is 0.286 e. The molecule has 0 aliphatic carbocycles. The summed E-state index contributed by atoms with van der Waals surface area (Å²) in [5.41, 5.74) is 2.30. The van der Waals surface area contributed by atoms with Gasteiger partial charge < -0.3 is 15.0 Å². The van der Waals surface area contributed by atoms with Crippen molar-refractivity contribution in [3.8, 4) is 5.75 Å². The quantitative estimate of drug-likeness (QED) is 0.478. The molecule has 0 spiro atoms. The lowest BCUT2D eigenvalue weighted by molar-refractivity contribution is -0.113. The topological polar surface area (TPSA) is 88.1 Å². The Bertz CT molecular complexity index is 1280. The van der Waals surface area contributed by atoms with Crippen LogP contribution in [-0.2, 0) is 21.4 Å². The minimum atomic E-state index is -3.80. The van der Waals surface area contributed by atoms with Crippen molar-refractivity contribution in [1.29, 1.82) is 0 Å². The fourth-order valence-electron chi connectivity index (χ4n) is 3.45. The molecule has 0 bridgehead atoms. The molecule has 0 saturated heterocycles. The summed E-state index contributed by atoms with van der Waals surface area (Å²) in [6.45, 7) is 3.07. The van der Waals surface area contributed by atoms with Crippen molar-refractivity contribution >= 4 is 44.2 Å². The van der Waals surface area contributed by atoms with Gasteiger partial charge in [0.25, 0.3) is 10.0 Å². The molecular weight excluding hydrogens is 470 g/mol. The highest BCUT2D eigenvalue weighted by atomic mass is 32.2. The number of hydrogen-bond acceptors (Lipinski definition) is 6. The summed E-state index contributed by atoms with van der Waals surface area (Å²) in [5.74, 6) is 0.480. The first kappa shape index (κ1) is 23.8. The number of carbonyl (C=O) groups is 1. The lowest BCUT2D eigenvalue weighted by Gasteiger charge is -2.29. The van der Waals surface area contributed by atoms with Gasteiger partial charge in [0.05, 0.1) is 11.4 Å². The van der Waals surface area contributed by atoms with Gasteiger partial charge in [-0.2, -0.15) is 8.42 Å². The number of carbonyl (C=O) groups excluding carboxylic acids is 1. The number of nitrogens with one attached hydrogen (secondary N) is 1. The van der Waals surface area contributed by atoms with Crippen molar-refractivity contribution in [2.75, 3.05) is 22.5 Å². The Hall–Kier alpha value is -3.30. The number of amidine groups is 1. The van der Waals surface area contributed by atoms with Gasteiger partial charge in [-0.1, -0.05) is 61.2 Å². The van der Waals surface area contributed by atoms with Gasteiger partial charge >= 0.3 is 0 Å². The van der Waals surface area contributed by atoms with E-state index in [4.69, 9.17) is 4.74 Å². The largest absolute Gasteiger partial charge is 0.489 e. The fraction of sp³-hybridized carbons (Fsp3) is 0.200. The molecule has 1 amide bonds. The number of ether oxygens (including phenoxy) is 1. The number of thioether (sulfide) groups is 1. The Morgan fingerprint density at radius 1 is 1.00 bits per heavy atom. The lowest BCUT2D eigenvalue weighted by Crippen LogP contribution is -2.35. The van der Waals surface area contributed by atoms with Crippen LogP contribution in [-0.4, -0.2) is 31.8 Å². The van der Waals surface area contributed by atoms with E-state index in [2.05, 4.69) is 9.71 Å². The molecule has 7 nitrogen and oxygen atoms in total. The molecule has 34 heavy (non-hydrogen) atoms. The molecule has 0 aromatic heterocycles. The minimum absolute atomic E-state index is 0.0307. The maximum Gasteiger partial charge on any atom is 0.286 e. The standard InChI is InChI=1S/C25H25N3O4S2/c1-2-16-28-22-10-6-7-11-23(22)34(30,31)27-25(28)33-18-24(29)26-20-12-14-21(15-13-20)32-17-19-8-4-3-5-9-19/h3-15H,2,16-18H2,1H3,(H,26,29). The fourth-order valence-corrected chi connectivity index (χ4v) is 5.73. The molecule has 0 atom stereocenters. The molecule has 9 heteroatoms. The number of hydrogen-bond donors (Lipinski definition) is 1. The van der Waals surface area contributed by atoms with E-state index < -0.39 is 10.0 Å². The van der Waals surface area contributed by atoms with Crippen LogP contribution >= 0.6 is 11.8 Å². The molecule has 1 aliphatic rings. The average Bonchev–Trinajstić information content (AvgIpc) is 2.85. The van der Waals surface area contributed by atoms with Crippen molar-refractivity contribution in [3.63, 3.8) is 0 Å². The number of amides is 1. The molecule has 3 aromatic rings. The second kappa shape index (κ2) is 10.8. The summed E-state index contributed by atoms with van der Waals surface area (Å²) < 4.78 is 34.9. The molecule has 3 aromatic carbocycles. The van der Waals surface area contributed by atoms with Crippen molar-refractivity contribution in [2.24, 2.45) is 4.40 Å². The van der Waals surface area contributed by atoms with Gasteiger partial charge in [-0.3, -0.25) is 4.79 Å². The van der Waals surface area contributed by atoms with E-state index >= 15 is 0 Å². The lowest BCUT2D eigenvalue weighted by atomic mass is 10.2. The molecule has 0 unspecified atom stereocenters. The Balaban J connectivity index is 1.35. The molecule has 1 aliphatic heterocycles. The van der Waals surface area contributed by atoms with Crippen LogP contribution in [0.3, 0.4) is 0 Å². The summed E-state index contributed by atoms with van der Waals surface area (Å²) >= 11 is 1.11. The third-order valence-electron chi connectivity index (χ3n) is 5.03. The van der Waals surface area contributed by atoms with Crippen molar-refractivity contribution < 1.29 is 17.9 Å². The first-order chi connectivity index (χ1) is 16.5. The average molecular weight is 496 g/mol. The number of para-hydroxylation sites is 1. The van der Waals surface area contributed by atoms with Crippen LogP contribution in [0.15, 0.2) is 88.2 Å². The zero-order chi connectivity index (χ0) is 24.0. The molecule has 0 radical (unpaired) electrons. The Morgan fingerprint density at radius 3 is 2.44 bits per heavy atom. The third-order valence-corrected chi connectivity index (χ3v) is 7.44. The summed E-state index contributed by atoms with van der Waals surface area (Å²) in [6.07, 6.45) is 0.804. The van der Waals surface area contributed by atoms with Gasteiger partial charge in [0.2, 0.25) is 5.91 Å². The first-order valence-electron chi connectivity index (χ1n) is 10.9. The molecule has 1 heterocycles. The van der Waals surface area contributed by atoms with E-state index in [0.717, 1.165) is 23.7 Å². The van der Waals surface area contributed by atoms with Gasteiger partial charge in [-0.05, 0) is 48.4 Å². The van der Waals surface area contributed by atoms with Crippen molar-refractivity contribution in [2.45, 2.75) is 24.8 Å². The highest BCUT2D eigenvalue weighted by Gasteiger charge is 2.30. The molecule has 1 N–H and O–H groups in total. The Morgan fingerprint density at radius 2 is 1.71 bits per heavy atom. The highest BCUT2D eigenvalue weighted by molar-refractivity contribution is 8.15. The number of nitrogens with zero attached hydrogens (tertiary/aromatic N) is 2. The molecular formula is C25H25N3O4S2. The number of sulfonamides is 1. The van der Waals surface area contributed by atoms with Gasteiger partial charge in [-0.15, -0.1) is 4.40 Å². The summed E-state index contributed by atoms with van der Waals surface area (Å²) in [6, 6.07) is 23.8. The van der Waals surface area contributed by atoms with Crippen molar-refractivity contribution in [1.82, 2.24) is 0 Å². The predicted molar refractivity (Wildman–Crippen MR) is 137 cm³/mol. The zero-order valence-electron chi connectivity index (χ0n) is 18.7. The monoisotopic (exact) mass is 495 g/mol. The maximum atomic E-state index is 12.6. The van der Waals surface area contributed by atoms with Gasteiger partial charge in [0.15, 0.2) is 5.17 Å². The van der Waals surface area contributed by atoms with Crippen LogP contribution < -0.4 is 15.0 Å². The Labute approximate surface area is 203 Å². The van der Waals surface area contributed by atoms with Crippen LogP contribution in [0.25, 0.3) is 0 Å². The number of anilines is 2. The van der Waals surface area contributed by atoms with E-state index in [9.17, 15) is 13.2 Å². The molecule has 4 rings (SSSR count).